The van der Waals surface area contributed by atoms with Gasteiger partial charge in [0.05, 0.1) is 17.7 Å². The molecule has 1 fully saturated rings. The monoisotopic (exact) mass is 217 g/mol. The lowest BCUT2D eigenvalue weighted by atomic mass is 9.92. The number of hydrogen-bond acceptors (Lipinski definition) is 4. The highest BCUT2D eigenvalue weighted by Gasteiger charge is 2.23. The lowest BCUT2D eigenvalue weighted by Gasteiger charge is -2.28. The topological polar surface area (TPSA) is 68.9 Å². The summed E-state index contributed by atoms with van der Waals surface area (Å²) in [4.78, 5) is 4.13. The Balaban J connectivity index is 2.11. The minimum Gasteiger partial charge on any atom is -0.391 e. The maximum absolute atomic E-state index is 9.82. The zero-order valence-corrected chi connectivity index (χ0v) is 9.06. The summed E-state index contributed by atoms with van der Waals surface area (Å²) in [5, 5.41) is 21.9. The lowest BCUT2D eigenvalue weighted by molar-refractivity contribution is 0.116. The van der Waals surface area contributed by atoms with Gasteiger partial charge in [0.25, 0.3) is 0 Å². The molecule has 0 aliphatic heterocycles. The van der Waals surface area contributed by atoms with E-state index in [1.54, 1.807) is 18.3 Å². The van der Waals surface area contributed by atoms with Gasteiger partial charge in [-0.1, -0.05) is 12.8 Å². The van der Waals surface area contributed by atoms with Crippen molar-refractivity contribution in [2.24, 2.45) is 0 Å². The largest absolute Gasteiger partial charge is 0.391 e. The molecule has 2 rings (SSSR count). The van der Waals surface area contributed by atoms with Gasteiger partial charge in [-0.15, -0.1) is 0 Å². The van der Waals surface area contributed by atoms with Gasteiger partial charge in [0, 0.05) is 6.20 Å². The summed E-state index contributed by atoms with van der Waals surface area (Å²) in [6.45, 7) is 0. The van der Waals surface area contributed by atoms with E-state index in [2.05, 4.69) is 16.4 Å². The fraction of sp³-hybridized carbons (Fsp3) is 0.500. The van der Waals surface area contributed by atoms with Crippen LogP contribution in [0.1, 0.15) is 31.2 Å². The number of rotatable bonds is 2. The van der Waals surface area contributed by atoms with Gasteiger partial charge in [0.1, 0.15) is 11.9 Å². The first-order chi connectivity index (χ1) is 7.81. The molecule has 1 aliphatic rings. The number of hydrogen-bond donors (Lipinski definition) is 2. The minimum atomic E-state index is -0.331. The summed E-state index contributed by atoms with van der Waals surface area (Å²) in [6.07, 6.45) is 5.27. The van der Waals surface area contributed by atoms with Gasteiger partial charge < -0.3 is 10.4 Å². The number of anilines is 1. The van der Waals surface area contributed by atoms with Crippen molar-refractivity contribution in [1.29, 1.82) is 5.26 Å². The van der Waals surface area contributed by atoms with Gasteiger partial charge >= 0.3 is 0 Å². The third-order valence-electron chi connectivity index (χ3n) is 2.98. The van der Waals surface area contributed by atoms with Crippen LogP contribution in [0.2, 0.25) is 0 Å². The zero-order valence-electron chi connectivity index (χ0n) is 9.06. The molecule has 0 radical (unpaired) electrons. The Morgan fingerprint density at radius 1 is 1.44 bits per heavy atom. The number of pyridine rings is 1. The molecule has 1 heterocycles. The summed E-state index contributed by atoms with van der Waals surface area (Å²) in [5.74, 6) is 0.580. The van der Waals surface area contributed by atoms with Crippen molar-refractivity contribution in [2.45, 2.75) is 37.8 Å². The number of nitrogens with zero attached hydrogens (tertiary/aromatic N) is 2. The summed E-state index contributed by atoms with van der Waals surface area (Å²) in [7, 11) is 0. The molecule has 2 unspecified atom stereocenters. The summed E-state index contributed by atoms with van der Waals surface area (Å²) >= 11 is 0. The van der Waals surface area contributed by atoms with Crippen LogP contribution in [-0.4, -0.2) is 22.2 Å². The summed E-state index contributed by atoms with van der Waals surface area (Å²) in [6, 6.07) is 5.58. The standard InChI is InChI=1S/C12H15N3O/c13-8-9-4-3-7-14-12(9)15-10-5-1-2-6-11(10)16/h3-4,7,10-11,16H,1-2,5-6H2,(H,14,15). The quantitative estimate of drug-likeness (QED) is 0.790. The van der Waals surface area contributed by atoms with Crippen molar-refractivity contribution in [3.63, 3.8) is 0 Å². The molecule has 0 amide bonds. The Morgan fingerprint density at radius 3 is 3.00 bits per heavy atom. The predicted molar refractivity (Wildman–Crippen MR) is 60.8 cm³/mol. The fourth-order valence-corrected chi connectivity index (χ4v) is 2.07. The molecule has 0 bridgehead atoms. The van der Waals surface area contributed by atoms with Gasteiger partial charge in [0.2, 0.25) is 0 Å². The molecule has 2 atom stereocenters. The second-order valence-corrected chi connectivity index (χ2v) is 4.11. The molecule has 0 spiro atoms. The molecular weight excluding hydrogens is 202 g/mol. The molecular formula is C12H15N3O. The van der Waals surface area contributed by atoms with Crippen molar-refractivity contribution >= 4 is 5.82 Å². The molecule has 4 nitrogen and oxygen atoms in total. The van der Waals surface area contributed by atoms with Crippen LogP contribution in [0.3, 0.4) is 0 Å². The first kappa shape index (κ1) is 10.9. The molecule has 1 aromatic rings. The number of aliphatic hydroxyl groups is 1. The Labute approximate surface area is 94.9 Å². The Morgan fingerprint density at radius 2 is 2.25 bits per heavy atom. The number of nitriles is 1. The molecule has 0 aromatic carbocycles. The minimum absolute atomic E-state index is 0.0238. The van der Waals surface area contributed by atoms with Gasteiger partial charge in [-0.3, -0.25) is 0 Å². The third-order valence-corrected chi connectivity index (χ3v) is 2.98. The van der Waals surface area contributed by atoms with Crippen LogP contribution in [-0.2, 0) is 0 Å². The summed E-state index contributed by atoms with van der Waals surface area (Å²) in [5.41, 5.74) is 0.528. The van der Waals surface area contributed by atoms with E-state index >= 15 is 0 Å². The highest BCUT2D eigenvalue weighted by atomic mass is 16.3. The van der Waals surface area contributed by atoms with Gasteiger partial charge in [-0.25, -0.2) is 4.98 Å². The molecule has 1 aliphatic carbocycles. The van der Waals surface area contributed by atoms with Gasteiger partial charge in [-0.2, -0.15) is 5.26 Å². The zero-order chi connectivity index (χ0) is 11.4. The van der Waals surface area contributed by atoms with E-state index < -0.39 is 0 Å². The van der Waals surface area contributed by atoms with E-state index in [1.807, 2.05) is 0 Å². The van der Waals surface area contributed by atoms with E-state index in [1.165, 1.54) is 0 Å². The lowest BCUT2D eigenvalue weighted by Crippen LogP contribution is -2.36. The second kappa shape index (κ2) is 4.95. The van der Waals surface area contributed by atoms with E-state index in [4.69, 9.17) is 5.26 Å². The molecule has 0 saturated heterocycles. The van der Waals surface area contributed by atoms with Crippen LogP contribution in [0.25, 0.3) is 0 Å². The van der Waals surface area contributed by atoms with E-state index in [0.717, 1.165) is 25.7 Å². The Hall–Kier alpha value is -1.60. The number of aliphatic hydroxyl groups excluding tert-OH is 1. The average Bonchev–Trinajstić information content (AvgIpc) is 2.33. The van der Waals surface area contributed by atoms with Crippen molar-refractivity contribution in [3.05, 3.63) is 23.9 Å². The van der Waals surface area contributed by atoms with Gasteiger partial charge in [-0.05, 0) is 25.0 Å². The third kappa shape index (κ3) is 2.31. The molecule has 16 heavy (non-hydrogen) atoms. The maximum atomic E-state index is 9.82. The van der Waals surface area contributed by atoms with Crippen molar-refractivity contribution in [1.82, 2.24) is 4.98 Å². The van der Waals surface area contributed by atoms with Crippen LogP contribution in [0.4, 0.5) is 5.82 Å². The highest BCUT2D eigenvalue weighted by molar-refractivity contribution is 5.51. The average molecular weight is 217 g/mol. The summed E-state index contributed by atoms with van der Waals surface area (Å²) < 4.78 is 0. The highest BCUT2D eigenvalue weighted by Crippen LogP contribution is 2.22. The van der Waals surface area contributed by atoms with Gasteiger partial charge in [0.15, 0.2) is 0 Å². The van der Waals surface area contributed by atoms with Crippen LogP contribution in [0.5, 0.6) is 0 Å². The first-order valence-electron chi connectivity index (χ1n) is 5.61. The first-order valence-corrected chi connectivity index (χ1v) is 5.61. The van der Waals surface area contributed by atoms with Crippen molar-refractivity contribution in [2.75, 3.05) is 5.32 Å². The molecule has 1 saturated carbocycles. The Bertz CT molecular complexity index is 399. The van der Waals surface area contributed by atoms with Crippen LogP contribution < -0.4 is 5.32 Å². The molecule has 1 aromatic heterocycles. The SMILES string of the molecule is N#Cc1cccnc1NC1CCCCC1O. The molecule has 2 N–H and O–H groups in total. The van der Waals surface area contributed by atoms with E-state index in [9.17, 15) is 5.11 Å². The molecule has 4 heteroatoms. The molecule has 84 valence electrons. The van der Waals surface area contributed by atoms with E-state index in [-0.39, 0.29) is 12.1 Å². The van der Waals surface area contributed by atoms with E-state index in [0.29, 0.717) is 11.4 Å². The second-order valence-electron chi connectivity index (χ2n) is 4.11. The predicted octanol–water partition coefficient (Wildman–Crippen LogP) is 1.67. The smallest absolute Gasteiger partial charge is 0.144 e. The normalized spacial score (nSPS) is 24.8. The fourth-order valence-electron chi connectivity index (χ4n) is 2.07. The Kier molecular flexibility index (Phi) is 3.37. The van der Waals surface area contributed by atoms with Crippen LogP contribution in [0.15, 0.2) is 18.3 Å². The van der Waals surface area contributed by atoms with Crippen molar-refractivity contribution < 1.29 is 5.11 Å². The maximum Gasteiger partial charge on any atom is 0.144 e. The number of aromatic nitrogens is 1. The van der Waals surface area contributed by atoms with Crippen LogP contribution in [0, 0.1) is 11.3 Å². The van der Waals surface area contributed by atoms with Crippen molar-refractivity contribution in [3.8, 4) is 6.07 Å². The van der Waals surface area contributed by atoms with Crippen LogP contribution >= 0.6 is 0 Å². The number of nitrogens with one attached hydrogen (secondary N) is 1.